The van der Waals surface area contributed by atoms with Crippen molar-refractivity contribution in [2.75, 3.05) is 0 Å². The molecular formula is C23H20ClF3N4O3. The minimum absolute atomic E-state index is 0.0166. The molecule has 1 aromatic carbocycles. The second-order valence-corrected chi connectivity index (χ2v) is 10.0. The number of fused-ring (bicyclic) bond motifs is 2. The van der Waals surface area contributed by atoms with Crippen LogP contribution in [-0.4, -0.2) is 39.6 Å². The summed E-state index contributed by atoms with van der Waals surface area (Å²) in [5.41, 5.74) is 0.924. The highest BCUT2D eigenvalue weighted by molar-refractivity contribution is 6.31. The van der Waals surface area contributed by atoms with Crippen LogP contribution in [0.3, 0.4) is 0 Å². The molecule has 11 heteroatoms. The van der Waals surface area contributed by atoms with Gasteiger partial charge in [-0.05, 0) is 56.2 Å². The van der Waals surface area contributed by atoms with Crippen LogP contribution < -0.4 is 5.32 Å². The number of aromatic nitrogens is 3. The first-order valence-electron chi connectivity index (χ1n) is 11.1. The molecule has 7 nitrogen and oxygen atoms in total. The third-order valence-corrected chi connectivity index (χ3v) is 7.58. The van der Waals surface area contributed by atoms with Crippen LogP contribution in [0, 0.1) is 5.92 Å². The zero-order valence-electron chi connectivity index (χ0n) is 17.8. The van der Waals surface area contributed by atoms with Gasteiger partial charge < -0.3 is 9.73 Å². The zero-order chi connectivity index (χ0) is 23.7. The lowest BCUT2D eigenvalue weighted by Gasteiger charge is -2.35. The largest absolute Gasteiger partial charge is 0.522 e. The first kappa shape index (κ1) is 21.8. The molecule has 1 amide bonds. The van der Waals surface area contributed by atoms with Crippen molar-refractivity contribution < 1.29 is 27.1 Å². The highest BCUT2D eigenvalue weighted by Gasteiger charge is 2.60. The second-order valence-electron chi connectivity index (χ2n) is 9.59. The number of hydrogen-bond acceptors (Lipinski definition) is 6. The van der Waals surface area contributed by atoms with E-state index in [0.717, 1.165) is 23.7 Å². The average Bonchev–Trinajstić information content (AvgIpc) is 3.42. The van der Waals surface area contributed by atoms with Gasteiger partial charge in [-0.15, -0.1) is 23.4 Å². The molecule has 3 aromatic rings. The van der Waals surface area contributed by atoms with Gasteiger partial charge in [0.1, 0.15) is 0 Å². The van der Waals surface area contributed by atoms with Gasteiger partial charge in [0, 0.05) is 28.6 Å². The molecule has 1 unspecified atom stereocenters. The van der Waals surface area contributed by atoms with Gasteiger partial charge in [0.2, 0.25) is 11.8 Å². The van der Waals surface area contributed by atoms with E-state index >= 15 is 0 Å². The van der Waals surface area contributed by atoms with E-state index in [1.54, 1.807) is 24.4 Å². The van der Waals surface area contributed by atoms with Gasteiger partial charge in [-0.2, -0.15) is 0 Å². The summed E-state index contributed by atoms with van der Waals surface area (Å²) >= 11 is 6.00. The first-order chi connectivity index (χ1) is 16.2. The average molecular weight is 493 g/mol. The molecule has 0 spiro atoms. The number of pyridine rings is 1. The molecule has 7 rings (SSSR count). The van der Waals surface area contributed by atoms with Crippen LogP contribution in [0.25, 0.3) is 10.9 Å². The SMILES string of the molecule is O=C(NC1CC2(c3nnc(C4CC(OC(F)(F)F)C4)o3)CC1C2)c1cnc2cc(Cl)ccc2c1. The molecule has 178 valence electrons. The smallest absolute Gasteiger partial charge is 0.424 e. The molecule has 4 aliphatic rings. The van der Waals surface area contributed by atoms with Gasteiger partial charge in [-0.3, -0.25) is 14.5 Å². The van der Waals surface area contributed by atoms with Crippen molar-refractivity contribution in [3.05, 3.63) is 52.8 Å². The highest BCUT2D eigenvalue weighted by Crippen LogP contribution is 2.59. The summed E-state index contributed by atoms with van der Waals surface area (Å²) in [5, 5.41) is 12.8. The summed E-state index contributed by atoms with van der Waals surface area (Å²) in [6.45, 7) is 0. The van der Waals surface area contributed by atoms with Crippen LogP contribution in [0.15, 0.2) is 34.9 Å². The fraction of sp³-hybridized carbons (Fsp3) is 0.478. The number of alkyl halides is 3. The van der Waals surface area contributed by atoms with Gasteiger partial charge in [0.15, 0.2) is 0 Å². The summed E-state index contributed by atoms with van der Waals surface area (Å²) in [7, 11) is 0. The van der Waals surface area contributed by atoms with Gasteiger partial charge in [-0.25, -0.2) is 0 Å². The van der Waals surface area contributed by atoms with Crippen molar-refractivity contribution >= 4 is 28.4 Å². The molecule has 4 fully saturated rings. The summed E-state index contributed by atoms with van der Waals surface area (Å²) in [4.78, 5) is 17.2. The van der Waals surface area contributed by atoms with E-state index in [1.807, 2.05) is 6.07 Å². The Kier molecular flexibility index (Phi) is 4.90. The van der Waals surface area contributed by atoms with Crippen LogP contribution in [0.2, 0.25) is 5.02 Å². The lowest BCUT2D eigenvalue weighted by molar-refractivity contribution is -0.352. The normalized spacial score (nSPS) is 30.1. The van der Waals surface area contributed by atoms with Gasteiger partial charge in [0.05, 0.1) is 22.6 Å². The molecular weight excluding hydrogens is 473 g/mol. The molecule has 2 aromatic heterocycles. The van der Waals surface area contributed by atoms with E-state index in [-0.39, 0.29) is 36.1 Å². The van der Waals surface area contributed by atoms with E-state index in [9.17, 15) is 18.0 Å². The summed E-state index contributed by atoms with van der Waals surface area (Å²) in [6.07, 6.45) is -1.18. The van der Waals surface area contributed by atoms with Crippen LogP contribution in [0.1, 0.15) is 60.2 Å². The van der Waals surface area contributed by atoms with Gasteiger partial charge in [-0.1, -0.05) is 17.7 Å². The number of halogens is 4. The molecule has 0 saturated heterocycles. The number of ether oxygens (including phenoxy) is 1. The van der Waals surface area contributed by atoms with E-state index < -0.39 is 12.5 Å². The molecule has 4 aliphatic carbocycles. The number of hydrogen-bond donors (Lipinski definition) is 1. The zero-order valence-corrected chi connectivity index (χ0v) is 18.6. The second kappa shape index (κ2) is 7.64. The predicted octanol–water partition coefficient (Wildman–Crippen LogP) is 4.90. The molecule has 1 N–H and O–H groups in total. The minimum Gasteiger partial charge on any atom is -0.424 e. The fourth-order valence-corrected chi connectivity index (χ4v) is 5.72. The van der Waals surface area contributed by atoms with E-state index in [2.05, 4.69) is 25.2 Å². The number of rotatable bonds is 5. The number of carbonyl (C=O) groups is 1. The number of nitrogens with zero attached hydrogens (tertiary/aromatic N) is 3. The molecule has 0 radical (unpaired) electrons. The Morgan fingerprint density at radius 2 is 1.97 bits per heavy atom. The number of amides is 1. The quantitative estimate of drug-likeness (QED) is 0.544. The maximum absolute atomic E-state index is 12.9. The van der Waals surface area contributed by atoms with Crippen LogP contribution in [-0.2, 0) is 10.2 Å². The molecule has 4 saturated carbocycles. The summed E-state index contributed by atoms with van der Waals surface area (Å²) in [6, 6.07) is 7.11. The Labute approximate surface area is 197 Å². The van der Waals surface area contributed by atoms with Crippen molar-refractivity contribution in [2.45, 2.75) is 61.9 Å². The molecule has 2 heterocycles. The first-order valence-corrected chi connectivity index (χ1v) is 11.5. The summed E-state index contributed by atoms with van der Waals surface area (Å²) in [5.74, 6) is 0.797. The Balaban J connectivity index is 1.09. The molecule has 2 bridgehead atoms. The van der Waals surface area contributed by atoms with E-state index in [1.165, 1.54) is 0 Å². The molecule has 1 atom stereocenters. The van der Waals surface area contributed by atoms with Gasteiger partial charge in [0.25, 0.3) is 5.91 Å². The van der Waals surface area contributed by atoms with Crippen molar-refractivity contribution in [1.29, 1.82) is 0 Å². The van der Waals surface area contributed by atoms with Crippen LogP contribution >= 0.6 is 11.6 Å². The monoisotopic (exact) mass is 492 g/mol. The lowest BCUT2D eigenvalue weighted by atomic mass is 9.69. The fourth-order valence-electron chi connectivity index (χ4n) is 5.55. The molecule has 34 heavy (non-hydrogen) atoms. The van der Waals surface area contributed by atoms with Crippen molar-refractivity contribution in [2.24, 2.45) is 5.92 Å². The standard InChI is InChI=1S/C23H20ClF3N4O3/c24-15-2-1-11-3-13(10-28-17(11)6-15)19(32)29-18-9-22(7-14(18)8-22)21-31-30-20(33-21)12-4-16(5-12)34-23(25,26)27/h1-3,6,10,12,14,16,18H,4-5,7-9H2,(H,29,32). The van der Waals surface area contributed by atoms with Crippen LogP contribution in [0.5, 0.6) is 0 Å². The van der Waals surface area contributed by atoms with E-state index in [4.69, 9.17) is 16.0 Å². The third kappa shape index (κ3) is 3.82. The summed E-state index contributed by atoms with van der Waals surface area (Å²) < 4.78 is 46.9. The Morgan fingerprint density at radius 3 is 2.74 bits per heavy atom. The van der Waals surface area contributed by atoms with E-state index in [0.29, 0.717) is 34.7 Å². The molecule has 0 aliphatic heterocycles. The Bertz CT molecular complexity index is 1270. The van der Waals surface area contributed by atoms with Crippen LogP contribution in [0.4, 0.5) is 13.2 Å². The lowest BCUT2D eigenvalue weighted by Crippen LogP contribution is -2.38. The maximum atomic E-state index is 12.9. The third-order valence-electron chi connectivity index (χ3n) is 7.35. The Hall–Kier alpha value is -2.72. The topological polar surface area (TPSA) is 90.1 Å². The van der Waals surface area contributed by atoms with Gasteiger partial charge >= 0.3 is 6.36 Å². The minimum atomic E-state index is -4.63. The number of benzene rings is 1. The highest BCUT2D eigenvalue weighted by atomic mass is 35.5. The van der Waals surface area contributed by atoms with Crippen molar-refractivity contribution in [3.8, 4) is 0 Å². The van der Waals surface area contributed by atoms with Crippen molar-refractivity contribution in [1.82, 2.24) is 20.5 Å². The maximum Gasteiger partial charge on any atom is 0.522 e. The number of carbonyl (C=O) groups excluding carboxylic acids is 1. The van der Waals surface area contributed by atoms with Crippen molar-refractivity contribution in [3.63, 3.8) is 0 Å². The predicted molar refractivity (Wildman–Crippen MR) is 114 cm³/mol. The number of nitrogens with one attached hydrogen (secondary N) is 1. The Morgan fingerprint density at radius 1 is 1.18 bits per heavy atom.